The normalized spacial score (nSPS) is 11.4. The summed E-state index contributed by atoms with van der Waals surface area (Å²) in [5, 5.41) is 0. The van der Waals surface area contributed by atoms with Crippen LogP contribution in [0.15, 0.2) is 18.2 Å². The maximum atomic E-state index is 12.3. The third-order valence-corrected chi connectivity index (χ3v) is 2.32. The molecule has 0 bridgehead atoms. The summed E-state index contributed by atoms with van der Waals surface area (Å²) in [6.07, 6.45) is -5.50. The molecule has 0 aliphatic rings. The number of hydrogen-bond donors (Lipinski definition) is 0. The highest BCUT2D eigenvalue weighted by Crippen LogP contribution is 2.37. The number of para-hydroxylation sites is 1. The lowest BCUT2D eigenvalue weighted by atomic mass is 10.1. The molecule has 118 valence electrons. The summed E-state index contributed by atoms with van der Waals surface area (Å²) >= 11 is 0. The molecule has 1 rings (SSSR count). The molecule has 0 aromatic heterocycles. The standard InChI is InChI=1S/C12H11F5O4/c1-19-9(18)6-5-7-3-2-4-8(20-11(13)14)10(7)21-12(15,16)17/h2-4,11H,5-6H2,1H3. The molecule has 21 heavy (non-hydrogen) atoms. The molecular weight excluding hydrogens is 303 g/mol. The lowest BCUT2D eigenvalue weighted by Gasteiger charge is -2.17. The van der Waals surface area contributed by atoms with Crippen LogP contribution in [0.2, 0.25) is 0 Å². The van der Waals surface area contributed by atoms with E-state index in [0.29, 0.717) is 0 Å². The Labute approximate surface area is 116 Å². The van der Waals surface area contributed by atoms with E-state index in [4.69, 9.17) is 0 Å². The van der Waals surface area contributed by atoms with Gasteiger partial charge in [0.2, 0.25) is 0 Å². The van der Waals surface area contributed by atoms with E-state index < -0.39 is 30.4 Å². The van der Waals surface area contributed by atoms with Gasteiger partial charge in [-0.2, -0.15) is 8.78 Å². The smallest absolute Gasteiger partial charge is 0.469 e. The van der Waals surface area contributed by atoms with Crippen LogP contribution in [0.4, 0.5) is 22.0 Å². The van der Waals surface area contributed by atoms with Gasteiger partial charge in [-0.3, -0.25) is 4.79 Å². The van der Waals surface area contributed by atoms with Crippen LogP contribution >= 0.6 is 0 Å². The molecule has 0 spiro atoms. The average molecular weight is 314 g/mol. The fourth-order valence-electron chi connectivity index (χ4n) is 1.52. The molecule has 1 aromatic carbocycles. The Kier molecular flexibility index (Phi) is 5.74. The van der Waals surface area contributed by atoms with Gasteiger partial charge in [-0.25, -0.2) is 0 Å². The number of ether oxygens (including phenoxy) is 3. The van der Waals surface area contributed by atoms with Gasteiger partial charge < -0.3 is 14.2 Å². The van der Waals surface area contributed by atoms with Crippen LogP contribution in [0, 0.1) is 0 Å². The number of carbonyl (C=O) groups is 1. The average Bonchev–Trinajstić information content (AvgIpc) is 2.36. The van der Waals surface area contributed by atoms with Crippen molar-refractivity contribution in [2.75, 3.05) is 7.11 Å². The zero-order valence-corrected chi connectivity index (χ0v) is 10.7. The second-order valence-corrected chi connectivity index (χ2v) is 3.75. The maximum absolute atomic E-state index is 12.3. The quantitative estimate of drug-likeness (QED) is 0.597. The Morgan fingerprint density at radius 2 is 1.95 bits per heavy atom. The van der Waals surface area contributed by atoms with Crippen molar-refractivity contribution in [1.29, 1.82) is 0 Å². The first-order valence-corrected chi connectivity index (χ1v) is 5.62. The Bertz CT molecular complexity index is 487. The van der Waals surface area contributed by atoms with E-state index in [1.54, 1.807) is 0 Å². The maximum Gasteiger partial charge on any atom is 0.573 e. The van der Waals surface area contributed by atoms with Crippen LogP contribution in [0.3, 0.4) is 0 Å². The molecule has 9 heteroatoms. The fraction of sp³-hybridized carbons (Fsp3) is 0.417. The third-order valence-electron chi connectivity index (χ3n) is 2.32. The van der Waals surface area contributed by atoms with Crippen molar-refractivity contribution in [2.24, 2.45) is 0 Å². The number of carbonyl (C=O) groups excluding carboxylic acids is 1. The number of esters is 1. The summed E-state index contributed by atoms with van der Waals surface area (Å²) in [6, 6.07) is 3.34. The number of rotatable bonds is 6. The number of halogens is 5. The van der Waals surface area contributed by atoms with Crippen molar-refractivity contribution >= 4 is 5.97 Å². The molecule has 0 aliphatic carbocycles. The summed E-state index contributed by atoms with van der Waals surface area (Å²) in [5.41, 5.74) is -0.101. The highest BCUT2D eigenvalue weighted by atomic mass is 19.4. The van der Waals surface area contributed by atoms with Gasteiger partial charge in [0.05, 0.1) is 7.11 Å². The fourth-order valence-corrected chi connectivity index (χ4v) is 1.52. The van der Waals surface area contributed by atoms with Gasteiger partial charge in [0.15, 0.2) is 11.5 Å². The van der Waals surface area contributed by atoms with Crippen molar-refractivity contribution in [3.8, 4) is 11.5 Å². The first-order valence-electron chi connectivity index (χ1n) is 5.62. The molecule has 0 aliphatic heterocycles. The van der Waals surface area contributed by atoms with Gasteiger partial charge in [-0.15, -0.1) is 13.2 Å². The van der Waals surface area contributed by atoms with Crippen molar-refractivity contribution in [3.05, 3.63) is 23.8 Å². The number of aryl methyl sites for hydroxylation is 1. The first-order chi connectivity index (χ1) is 9.73. The first kappa shape index (κ1) is 17.0. The topological polar surface area (TPSA) is 44.8 Å². The molecule has 0 fully saturated rings. The summed E-state index contributed by atoms with van der Waals surface area (Å²) in [6.45, 7) is -3.31. The SMILES string of the molecule is COC(=O)CCc1cccc(OC(F)F)c1OC(F)(F)F. The highest BCUT2D eigenvalue weighted by Gasteiger charge is 2.34. The van der Waals surface area contributed by atoms with Crippen LogP contribution in [0.5, 0.6) is 11.5 Å². The van der Waals surface area contributed by atoms with E-state index in [9.17, 15) is 26.7 Å². The molecule has 0 amide bonds. The van der Waals surface area contributed by atoms with E-state index in [-0.39, 0.29) is 18.4 Å². The largest absolute Gasteiger partial charge is 0.573 e. The molecule has 0 unspecified atom stereocenters. The summed E-state index contributed by atoms with van der Waals surface area (Å²) in [4.78, 5) is 11.0. The molecular formula is C12H11F5O4. The van der Waals surface area contributed by atoms with E-state index in [1.165, 1.54) is 12.1 Å². The van der Waals surface area contributed by atoms with Crippen molar-refractivity contribution in [2.45, 2.75) is 25.8 Å². The zero-order valence-electron chi connectivity index (χ0n) is 10.7. The predicted molar refractivity (Wildman–Crippen MR) is 60.1 cm³/mol. The Morgan fingerprint density at radius 3 is 2.48 bits per heavy atom. The van der Waals surface area contributed by atoms with Crippen LogP contribution in [0.1, 0.15) is 12.0 Å². The molecule has 0 saturated heterocycles. The van der Waals surface area contributed by atoms with Crippen molar-refractivity contribution in [3.63, 3.8) is 0 Å². The minimum Gasteiger partial charge on any atom is -0.469 e. The molecule has 0 radical (unpaired) electrons. The molecule has 0 atom stereocenters. The van der Waals surface area contributed by atoms with Gasteiger partial charge in [-0.05, 0) is 18.1 Å². The summed E-state index contributed by atoms with van der Waals surface area (Å²) in [5.74, 6) is -2.31. The number of hydrogen-bond acceptors (Lipinski definition) is 4. The van der Waals surface area contributed by atoms with Crippen molar-refractivity contribution < 1.29 is 41.0 Å². The van der Waals surface area contributed by atoms with Crippen molar-refractivity contribution in [1.82, 2.24) is 0 Å². The minimum absolute atomic E-state index is 0.101. The Hall–Kier alpha value is -2.06. The lowest BCUT2D eigenvalue weighted by molar-refractivity contribution is -0.275. The third kappa shape index (κ3) is 5.84. The van der Waals surface area contributed by atoms with Gasteiger partial charge in [0.25, 0.3) is 0 Å². The van der Waals surface area contributed by atoms with Crippen LogP contribution < -0.4 is 9.47 Å². The number of alkyl halides is 5. The molecule has 1 aromatic rings. The molecule has 0 saturated carbocycles. The van der Waals surface area contributed by atoms with Crippen LogP contribution in [-0.4, -0.2) is 26.1 Å². The van der Waals surface area contributed by atoms with Gasteiger partial charge in [0, 0.05) is 6.42 Å². The Morgan fingerprint density at radius 1 is 1.29 bits per heavy atom. The summed E-state index contributed by atoms with van der Waals surface area (Å²) in [7, 11) is 1.12. The summed E-state index contributed by atoms with van der Waals surface area (Å²) < 4.78 is 73.5. The van der Waals surface area contributed by atoms with Gasteiger partial charge >= 0.3 is 18.9 Å². The second-order valence-electron chi connectivity index (χ2n) is 3.75. The van der Waals surface area contributed by atoms with E-state index in [0.717, 1.165) is 13.2 Å². The number of methoxy groups -OCH3 is 1. The monoisotopic (exact) mass is 314 g/mol. The molecule has 0 N–H and O–H groups in total. The van der Waals surface area contributed by atoms with Gasteiger partial charge in [0.1, 0.15) is 0 Å². The van der Waals surface area contributed by atoms with E-state index >= 15 is 0 Å². The predicted octanol–water partition coefficient (Wildman–Crippen LogP) is 3.29. The molecule has 4 nitrogen and oxygen atoms in total. The van der Waals surface area contributed by atoms with Gasteiger partial charge in [-0.1, -0.05) is 12.1 Å². The zero-order chi connectivity index (χ0) is 16.0. The second kappa shape index (κ2) is 7.09. The van der Waals surface area contributed by atoms with E-state index in [2.05, 4.69) is 14.2 Å². The molecule has 0 heterocycles. The minimum atomic E-state index is -5.08. The highest BCUT2D eigenvalue weighted by molar-refractivity contribution is 5.69. The van der Waals surface area contributed by atoms with Crippen LogP contribution in [0.25, 0.3) is 0 Å². The Balaban J connectivity index is 3.06. The number of benzene rings is 1. The van der Waals surface area contributed by atoms with Crippen LogP contribution in [-0.2, 0) is 16.0 Å². The lowest BCUT2D eigenvalue weighted by Crippen LogP contribution is -2.19. The van der Waals surface area contributed by atoms with E-state index in [1.807, 2.05) is 0 Å².